The number of halogens is 4. The van der Waals surface area contributed by atoms with Crippen molar-refractivity contribution in [3.63, 3.8) is 0 Å². The largest absolute Gasteiger partial charge is 0.573 e. The van der Waals surface area contributed by atoms with Crippen LogP contribution in [-0.2, 0) is 16.1 Å². The first kappa shape index (κ1) is 30.8. The van der Waals surface area contributed by atoms with Crippen molar-refractivity contribution in [3.8, 4) is 5.75 Å². The SMILES string of the molecule is CC(C)C(=O)N[C@@H](CCN1CCC2(CC1)CCN(Cc1ccc(OC(F)(F)F)cc1)C2=O)c1ccccc1.Cl. The molecule has 2 aromatic rings. The maximum absolute atomic E-state index is 13.4. The summed E-state index contributed by atoms with van der Waals surface area (Å²) in [6, 6.07) is 15.7. The van der Waals surface area contributed by atoms with E-state index in [0.717, 1.165) is 56.4 Å². The first-order chi connectivity index (χ1) is 18.0. The van der Waals surface area contributed by atoms with Gasteiger partial charge in [-0.1, -0.05) is 56.3 Å². The number of amides is 2. The zero-order chi connectivity index (χ0) is 27.3. The van der Waals surface area contributed by atoms with E-state index < -0.39 is 6.36 Å². The minimum atomic E-state index is -4.72. The van der Waals surface area contributed by atoms with Crippen molar-refractivity contribution in [3.05, 3.63) is 65.7 Å². The number of rotatable bonds is 9. The minimum Gasteiger partial charge on any atom is -0.406 e. The smallest absolute Gasteiger partial charge is 0.406 e. The van der Waals surface area contributed by atoms with Crippen molar-refractivity contribution >= 4 is 24.2 Å². The summed E-state index contributed by atoms with van der Waals surface area (Å²) in [5.74, 6) is -0.176. The molecule has 0 saturated carbocycles. The van der Waals surface area contributed by atoms with Crippen LogP contribution in [0.1, 0.15) is 56.7 Å². The van der Waals surface area contributed by atoms with Gasteiger partial charge < -0.3 is 19.9 Å². The Hall–Kier alpha value is -2.78. The summed E-state index contributed by atoms with van der Waals surface area (Å²) in [7, 11) is 0. The molecule has 2 heterocycles. The van der Waals surface area contributed by atoms with Gasteiger partial charge in [0.05, 0.1) is 11.5 Å². The number of hydrogen-bond acceptors (Lipinski definition) is 4. The van der Waals surface area contributed by atoms with E-state index in [-0.39, 0.29) is 47.3 Å². The summed E-state index contributed by atoms with van der Waals surface area (Å²) in [5.41, 5.74) is 1.51. The van der Waals surface area contributed by atoms with Gasteiger partial charge in [0.1, 0.15) is 5.75 Å². The highest BCUT2D eigenvalue weighted by Gasteiger charge is 2.47. The molecule has 214 valence electrons. The fourth-order valence-electron chi connectivity index (χ4n) is 5.39. The average Bonchev–Trinajstić information content (AvgIpc) is 3.18. The Morgan fingerprint density at radius 2 is 1.62 bits per heavy atom. The third-order valence-electron chi connectivity index (χ3n) is 7.72. The molecule has 2 saturated heterocycles. The monoisotopic (exact) mass is 567 g/mol. The Morgan fingerprint density at radius 3 is 2.21 bits per heavy atom. The number of carbonyl (C=O) groups is 2. The lowest BCUT2D eigenvalue weighted by Gasteiger charge is -2.38. The lowest BCUT2D eigenvalue weighted by atomic mass is 9.77. The fraction of sp³-hybridized carbons (Fsp3) is 0.517. The summed E-state index contributed by atoms with van der Waals surface area (Å²) in [4.78, 5) is 30.0. The normalized spacial score (nSPS) is 18.2. The van der Waals surface area contributed by atoms with Gasteiger partial charge in [-0.25, -0.2) is 0 Å². The topological polar surface area (TPSA) is 61.9 Å². The summed E-state index contributed by atoms with van der Waals surface area (Å²) < 4.78 is 41.1. The second-order valence-electron chi connectivity index (χ2n) is 10.7. The molecule has 2 amide bonds. The number of carbonyl (C=O) groups excluding carboxylic acids is 2. The molecular weight excluding hydrogens is 531 g/mol. The number of nitrogens with one attached hydrogen (secondary N) is 1. The molecule has 10 heteroatoms. The van der Waals surface area contributed by atoms with E-state index >= 15 is 0 Å². The van der Waals surface area contributed by atoms with Crippen LogP contribution in [-0.4, -0.2) is 54.2 Å². The van der Waals surface area contributed by atoms with E-state index in [2.05, 4.69) is 15.0 Å². The van der Waals surface area contributed by atoms with Crippen LogP contribution in [0, 0.1) is 11.3 Å². The first-order valence-corrected chi connectivity index (χ1v) is 13.3. The molecule has 2 aliphatic heterocycles. The van der Waals surface area contributed by atoms with Gasteiger partial charge in [0.15, 0.2) is 0 Å². The summed E-state index contributed by atoms with van der Waals surface area (Å²) in [6.45, 7) is 7.28. The maximum Gasteiger partial charge on any atom is 0.573 e. The van der Waals surface area contributed by atoms with Crippen LogP contribution in [0.2, 0.25) is 0 Å². The molecule has 0 bridgehead atoms. The zero-order valence-electron chi connectivity index (χ0n) is 22.4. The van der Waals surface area contributed by atoms with Crippen molar-refractivity contribution < 1.29 is 27.5 Å². The Kier molecular flexibility index (Phi) is 10.3. The van der Waals surface area contributed by atoms with Crippen LogP contribution in [0.3, 0.4) is 0 Å². The summed E-state index contributed by atoms with van der Waals surface area (Å²) in [6.07, 6.45) is -1.56. The number of nitrogens with zero attached hydrogens (tertiary/aromatic N) is 2. The summed E-state index contributed by atoms with van der Waals surface area (Å²) >= 11 is 0. The Bertz CT molecular complexity index is 1090. The molecule has 1 N–H and O–H groups in total. The van der Waals surface area contributed by atoms with E-state index in [1.807, 2.05) is 49.1 Å². The number of benzene rings is 2. The molecule has 2 fully saturated rings. The van der Waals surface area contributed by atoms with Crippen molar-refractivity contribution in [2.75, 3.05) is 26.2 Å². The van der Waals surface area contributed by atoms with Gasteiger partial charge in [-0.3, -0.25) is 9.59 Å². The van der Waals surface area contributed by atoms with E-state index in [1.54, 1.807) is 12.1 Å². The van der Waals surface area contributed by atoms with Crippen molar-refractivity contribution in [2.45, 2.75) is 58.5 Å². The predicted molar refractivity (Wildman–Crippen MR) is 145 cm³/mol. The zero-order valence-corrected chi connectivity index (χ0v) is 23.2. The van der Waals surface area contributed by atoms with Gasteiger partial charge in [-0.15, -0.1) is 25.6 Å². The van der Waals surface area contributed by atoms with Crippen molar-refractivity contribution in [2.24, 2.45) is 11.3 Å². The van der Waals surface area contributed by atoms with E-state index in [9.17, 15) is 22.8 Å². The molecule has 0 unspecified atom stereocenters. The van der Waals surface area contributed by atoms with Gasteiger partial charge in [-0.2, -0.15) is 0 Å². The predicted octanol–water partition coefficient (Wildman–Crippen LogP) is 5.73. The Balaban J connectivity index is 0.00000420. The molecule has 1 spiro atoms. The maximum atomic E-state index is 13.4. The van der Waals surface area contributed by atoms with Crippen LogP contribution in [0.4, 0.5) is 13.2 Å². The van der Waals surface area contributed by atoms with Crippen LogP contribution in [0.25, 0.3) is 0 Å². The van der Waals surface area contributed by atoms with Crippen LogP contribution < -0.4 is 10.1 Å². The highest BCUT2D eigenvalue weighted by molar-refractivity contribution is 5.85. The quantitative estimate of drug-likeness (QED) is 0.421. The molecule has 4 rings (SSSR count). The third-order valence-corrected chi connectivity index (χ3v) is 7.72. The van der Waals surface area contributed by atoms with Crippen LogP contribution in [0.15, 0.2) is 54.6 Å². The number of hydrogen-bond donors (Lipinski definition) is 1. The van der Waals surface area contributed by atoms with Gasteiger partial charge >= 0.3 is 6.36 Å². The van der Waals surface area contributed by atoms with E-state index in [0.29, 0.717) is 13.1 Å². The first-order valence-electron chi connectivity index (χ1n) is 13.3. The molecule has 0 aliphatic carbocycles. The third kappa shape index (κ3) is 8.11. The second kappa shape index (κ2) is 13.0. The van der Waals surface area contributed by atoms with Crippen molar-refractivity contribution in [1.82, 2.24) is 15.1 Å². The van der Waals surface area contributed by atoms with Crippen LogP contribution >= 0.6 is 12.4 Å². The standard InChI is InChI=1S/C29H36F3N3O3.ClH/c1-21(2)26(36)33-25(23-6-4-3-5-7-23)12-16-34-17-13-28(14-18-34)15-19-35(27(28)37)20-22-8-10-24(11-9-22)38-29(30,31)32;/h3-11,21,25H,12-20H2,1-2H3,(H,33,36);1H/t25-;/m0./s1. The van der Waals surface area contributed by atoms with Gasteiger partial charge in [-0.05, 0) is 62.0 Å². The molecule has 2 aliphatic rings. The highest BCUT2D eigenvalue weighted by atomic mass is 35.5. The average molecular weight is 568 g/mol. The molecule has 0 radical (unpaired) electrons. The van der Waals surface area contributed by atoms with Gasteiger partial charge in [0, 0.05) is 25.6 Å². The van der Waals surface area contributed by atoms with Gasteiger partial charge in [0.25, 0.3) is 0 Å². The number of ether oxygens (including phenoxy) is 1. The molecule has 39 heavy (non-hydrogen) atoms. The number of likely N-dealkylation sites (tertiary alicyclic amines) is 2. The van der Waals surface area contributed by atoms with Crippen LogP contribution in [0.5, 0.6) is 5.75 Å². The molecular formula is C29H37ClF3N3O3. The Morgan fingerprint density at radius 1 is 1.00 bits per heavy atom. The number of alkyl halides is 3. The molecule has 6 nitrogen and oxygen atoms in total. The van der Waals surface area contributed by atoms with E-state index in [1.165, 1.54) is 12.1 Å². The molecule has 1 atom stereocenters. The lowest BCUT2D eigenvalue weighted by molar-refractivity contribution is -0.274. The Labute approximate surface area is 234 Å². The fourth-order valence-corrected chi connectivity index (χ4v) is 5.39. The summed E-state index contributed by atoms with van der Waals surface area (Å²) in [5, 5.41) is 3.18. The van der Waals surface area contributed by atoms with E-state index in [4.69, 9.17) is 0 Å². The van der Waals surface area contributed by atoms with Gasteiger partial charge in [0.2, 0.25) is 11.8 Å². The second-order valence-corrected chi connectivity index (χ2v) is 10.7. The highest BCUT2D eigenvalue weighted by Crippen LogP contribution is 2.42. The van der Waals surface area contributed by atoms with Crippen molar-refractivity contribution in [1.29, 1.82) is 0 Å². The molecule has 2 aromatic carbocycles. The lowest BCUT2D eigenvalue weighted by Crippen LogP contribution is -2.45. The number of piperidine rings is 1. The molecule has 0 aromatic heterocycles. The minimum absolute atomic E-state index is 0.